The number of halogens is 1. The molecule has 3 aromatic carbocycles. The largest absolute Gasteiger partial charge is 0.497 e. The highest BCUT2D eigenvalue weighted by atomic mass is 127. The average molecular weight is 554 g/mol. The molecule has 6 nitrogen and oxygen atoms in total. The van der Waals surface area contributed by atoms with Gasteiger partial charge in [0.25, 0.3) is 5.91 Å². The van der Waals surface area contributed by atoms with E-state index in [4.69, 9.17) is 14.2 Å². The van der Waals surface area contributed by atoms with Crippen molar-refractivity contribution < 1.29 is 19.0 Å². The Labute approximate surface area is 206 Å². The lowest BCUT2D eigenvalue weighted by Crippen LogP contribution is -2.13. The third-order valence-electron chi connectivity index (χ3n) is 4.56. The fourth-order valence-corrected chi connectivity index (χ4v) is 3.80. The zero-order chi connectivity index (χ0) is 23.6. The van der Waals surface area contributed by atoms with Gasteiger partial charge in [0.2, 0.25) is 0 Å². The standard InChI is InChI=1S/C26H23IN2O4/c1-3-32-24-14-19(13-23(27)25(24)33-17-18-8-5-4-6-9-18)12-20(16-28)26(30)29-21-10-7-11-22(15-21)31-2/h4-15H,3,17H2,1-2H3,(H,29,30)/b20-12+. The van der Waals surface area contributed by atoms with Crippen molar-refractivity contribution in [2.75, 3.05) is 19.0 Å². The Kier molecular flexibility index (Phi) is 8.72. The van der Waals surface area contributed by atoms with Gasteiger partial charge in [0.05, 0.1) is 17.3 Å². The molecule has 0 bridgehead atoms. The molecule has 0 unspecified atom stereocenters. The van der Waals surface area contributed by atoms with Gasteiger partial charge in [0.1, 0.15) is 24.0 Å². The number of carbonyl (C=O) groups is 1. The van der Waals surface area contributed by atoms with E-state index in [0.29, 0.717) is 41.7 Å². The topological polar surface area (TPSA) is 80.6 Å². The summed E-state index contributed by atoms with van der Waals surface area (Å²) in [5, 5.41) is 12.3. The maximum absolute atomic E-state index is 12.7. The first kappa shape index (κ1) is 24.1. The number of methoxy groups -OCH3 is 1. The highest BCUT2D eigenvalue weighted by Crippen LogP contribution is 2.35. The van der Waals surface area contributed by atoms with Gasteiger partial charge in [-0.25, -0.2) is 0 Å². The first-order valence-corrected chi connectivity index (χ1v) is 11.3. The van der Waals surface area contributed by atoms with Gasteiger partial charge >= 0.3 is 0 Å². The van der Waals surface area contributed by atoms with Gasteiger partial charge in [-0.1, -0.05) is 36.4 Å². The van der Waals surface area contributed by atoms with Crippen molar-refractivity contribution in [3.05, 3.63) is 87.0 Å². The molecule has 0 spiro atoms. The van der Waals surface area contributed by atoms with Gasteiger partial charge in [-0.2, -0.15) is 5.26 Å². The molecule has 0 saturated carbocycles. The number of ether oxygens (including phenoxy) is 3. The van der Waals surface area contributed by atoms with Gasteiger partial charge in [-0.15, -0.1) is 0 Å². The highest BCUT2D eigenvalue weighted by Gasteiger charge is 2.15. The van der Waals surface area contributed by atoms with Crippen LogP contribution in [0.15, 0.2) is 72.3 Å². The van der Waals surface area contributed by atoms with Crippen LogP contribution in [-0.2, 0) is 11.4 Å². The number of hydrogen-bond donors (Lipinski definition) is 1. The van der Waals surface area contributed by atoms with Crippen LogP contribution in [0.25, 0.3) is 6.08 Å². The monoisotopic (exact) mass is 554 g/mol. The summed E-state index contributed by atoms with van der Waals surface area (Å²) in [6, 6.07) is 22.4. The molecule has 0 aliphatic carbocycles. The summed E-state index contributed by atoms with van der Waals surface area (Å²) in [5.41, 5.74) is 2.21. The van der Waals surface area contributed by atoms with Gasteiger partial charge in [-0.3, -0.25) is 4.79 Å². The van der Waals surface area contributed by atoms with Crippen molar-refractivity contribution in [2.24, 2.45) is 0 Å². The van der Waals surface area contributed by atoms with E-state index in [0.717, 1.165) is 9.13 Å². The molecular formula is C26H23IN2O4. The van der Waals surface area contributed by atoms with E-state index >= 15 is 0 Å². The van der Waals surface area contributed by atoms with Crippen LogP contribution < -0.4 is 19.5 Å². The minimum atomic E-state index is -0.511. The Morgan fingerprint density at radius 1 is 1.09 bits per heavy atom. The predicted octanol–water partition coefficient (Wildman–Crippen LogP) is 5.82. The zero-order valence-corrected chi connectivity index (χ0v) is 20.5. The van der Waals surface area contributed by atoms with Crippen LogP contribution in [0.5, 0.6) is 17.2 Å². The van der Waals surface area contributed by atoms with E-state index < -0.39 is 5.91 Å². The molecule has 1 amide bonds. The molecule has 0 saturated heterocycles. The Hall–Kier alpha value is -3.51. The number of anilines is 1. The van der Waals surface area contributed by atoms with Crippen molar-refractivity contribution >= 4 is 40.3 Å². The van der Waals surface area contributed by atoms with Crippen molar-refractivity contribution in [1.82, 2.24) is 0 Å². The van der Waals surface area contributed by atoms with Crippen LogP contribution >= 0.6 is 22.6 Å². The van der Waals surface area contributed by atoms with Crippen LogP contribution in [0.1, 0.15) is 18.1 Å². The second-order valence-electron chi connectivity index (χ2n) is 6.89. The number of amides is 1. The number of benzene rings is 3. The lowest BCUT2D eigenvalue weighted by Gasteiger charge is -2.15. The Morgan fingerprint density at radius 3 is 2.58 bits per heavy atom. The first-order chi connectivity index (χ1) is 16.0. The lowest BCUT2D eigenvalue weighted by atomic mass is 10.1. The van der Waals surface area contributed by atoms with Crippen molar-refractivity contribution in [1.29, 1.82) is 5.26 Å². The van der Waals surface area contributed by atoms with Gasteiger partial charge in [-0.05, 0) is 71.0 Å². The molecular weight excluding hydrogens is 531 g/mol. The summed E-state index contributed by atoms with van der Waals surface area (Å²) < 4.78 is 17.8. The summed E-state index contributed by atoms with van der Waals surface area (Å²) in [6.07, 6.45) is 1.53. The van der Waals surface area contributed by atoms with Crippen molar-refractivity contribution in [2.45, 2.75) is 13.5 Å². The lowest BCUT2D eigenvalue weighted by molar-refractivity contribution is -0.112. The second kappa shape index (κ2) is 11.9. The SMILES string of the molecule is CCOc1cc(/C=C(\C#N)C(=O)Nc2cccc(OC)c2)cc(I)c1OCc1ccccc1. The molecule has 0 fully saturated rings. The molecule has 0 atom stereocenters. The maximum Gasteiger partial charge on any atom is 0.266 e. The number of rotatable bonds is 9. The van der Waals surface area contributed by atoms with E-state index in [9.17, 15) is 10.1 Å². The Balaban J connectivity index is 1.84. The predicted molar refractivity (Wildman–Crippen MR) is 136 cm³/mol. The van der Waals surface area contributed by atoms with Crippen molar-refractivity contribution in [3.8, 4) is 23.3 Å². The third kappa shape index (κ3) is 6.73. The number of nitrogens with zero attached hydrogens (tertiary/aromatic N) is 1. The van der Waals surface area contributed by atoms with Crippen LogP contribution in [0, 0.1) is 14.9 Å². The molecule has 1 N–H and O–H groups in total. The first-order valence-electron chi connectivity index (χ1n) is 10.2. The molecule has 3 rings (SSSR count). The maximum atomic E-state index is 12.7. The number of nitrogens with one attached hydrogen (secondary N) is 1. The minimum Gasteiger partial charge on any atom is -0.497 e. The molecule has 3 aromatic rings. The summed E-state index contributed by atoms with van der Waals surface area (Å²) in [4.78, 5) is 12.7. The van der Waals surface area contributed by atoms with E-state index in [1.165, 1.54) is 6.08 Å². The molecule has 0 radical (unpaired) electrons. The molecule has 33 heavy (non-hydrogen) atoms. The minimum absolute atomic E-state index is 0.0333. The number of hydrogen-bond acceptors (Lipinski definition) is 5. The zero-order valence-electron chi connectivity index (χ0n) is 18.3. The number of carbonyl (C=O) groups excluding carboxylic acids is 1. The Morgan fingerprint density at radius 2 is 1.88 bits per heavy atom. The fourth-order valence-electron chi connectivity index (χ4n) is 3.02. The van der Waals surface area contributed by atoms with Gasteiger partial charge in [0.15, 0.2) is 11.5 Å². The molecule has 0 heterocycles. The smallest absolute Gasteiger partial charge is 0.266 e. The van der Waals surface area contributed by atoms with E-state index in [1.54, 1.807) is 37.4 Å². The van der Waals surface area contributed by atoms with Gasteiger partial charge < -0.3 is 19.5 Å². The number of nitriles is 1. The van der Waals surface area contributed by atoms with E-state index in [-0.39, 0.29) is 5.57 Å². The normalized spacial score (nSPS) is 10.8. The van der Waals surface area contributed by atoms with Crippen LogP contribution in [0.2, 0.25) is 0 Å². The molecule has 0 aliphatic heterocycles. The molecule has 0 aliphatic rings. The quantitative estimate of drug-likeness (QED) is 0.205. The molecule has 168 valence electrons. The van der Waals surface area contributed by atoms with Gasteiger partial charge in [0, 0.05) is 11.8 Å². The molecule has 7 heteroatoms. The summed E-state index contributed by atoms with van der Waals surface area (Å²) >= 11 is 2.17. The van der Waals surface area contributed by atoms with E-state index in [1.807, 2.05) is 49.4 Å². The summed E-state index contributed by atoms with van der Waals surface area (Å²) in [7, 11) is 1.55. The third-order valence-corrected chi connectivity index (χ3v) is 5.36. The molecule has 0 aromatic heterocycles. The average Bonchev–Trinajstić information content (AvgIpc) is 2.83. The Bertz CT molecular complexity index is 1190. The van der Waals surface area contributed by atoms with Crippen LogP contribution in [-0.4, -0.2) is 19.6 Å². The summed E-state index contributed by atoms with van der Waals surface area (Å²) in [5.74, 6) is 1.27. The summed E-state index contributed by atoms with van der Waals surface area (Å²) in [6.45, 7) is 2.74. The van der Waals surface area contributed by atoms with Crippen LogP contribution in [0.4, 0.5) is 5.69 Å². The highest BCUT2D eigenvalue weighted by molar-refractivity contribution is 14.1. The van der Waals surface area contributed by atoms with Crippen LogP contribution in [0.3, 0.4) is 0 Å². The second-order valence-corrected chi connectivity index (χ2v) is 8.06. The van der Waals surface area contributed by atoms with E-state index in [2.05, 4.69) is 27.9 Å². The fraction of sp³-hybridized carbons (Fsp3) is 0.154. The van der Waals surface area contributed by atoms with Crippen molar-refractivity contribution in [3.63, 3.8) is 0 Å².